The molecule has 0 saturated carbocycles. The van der Waals surface area contributed by atoms with Gasteiger partial charge in [0, 0.05) is 44.2 Å². The zero-order chi connectivity index (χ0) is 15.5. The van der Waals surface area contributed by atoms with E-state index >= 15 is 0 Å². The van der Waals surface area contributed by atoms with Crippen molar-refractivity contribution in [2.24, 2.45) is 5.41 Å². The molecule has 1 heterocycles. The molecule has 3 N–H and O–H groups in total. The average Bonchev–Trinajstić information content (AvgIpc) is 2.48. The molecule has 1 aromatic rings. The molecule has 0 aromatic heterocycles. The largest absolute Gasteiger partial charge is 0.478 e. The lowest BCUT2D eigenvalue weighted by Gasteiger charge is -2.44. The van der Waals surface area contributed by atoms with Gasteiger partial charge in [0.15, 0.2) is 0 Å². The Morgan fingerprint density at radius 2 is 1.95 bits per heavy atom. The average molecular weight is 292 g/mol. The Bertz CT molecular complexity index is 496. The van der Waals surface area contributed by atoms with Crippen molar-refractivity contribution >= 4 is 5.97 Å². The first-order valence-corrected chi connectivity index (χ1v) is 7.35. The van der Waals surface area contributed by atoms with Gasteiger partial charge < -0.3 is 15.5 Å². The number of rotatable bonds is 5. The van der Waals surface area contributed by atoms with E-state index in [1.807, 2.05) is 26.0 Å². The van der Waals surface area contributed by atoms with Gasteiger partial charge in [-0.2, -0.15) is 0 Å². The number of carboxylic acids is 1. The number of carbonyl (C=O) groups is 1. The summed E-state index contributed by atoms with van der Waals surface area (Å²) in [6, 6.07) is 7.00. The zero-order valence-electron chi connectivity index (χ0n) is 12.7. The maximum atomic E-state index is 11.5. The van der Waals surface area contributed by atoms with Gasteiger partial charge in [0.25, 0.3) is 0 Å². The summed E-state index contributed by atoms with van der Waals surface area (Å²) in [4.78, 5) is 13.8. The molecule has 1 atom stereocenters. The molecule has 1 aliphatic heterocycles. The van der Waals surface area contributed by atoms with Gasteiger partial charge in [-0.15, -0.1) is 0 Å². The van der Waals surface area contributed by atoms with Gasteiger partial charge in [-0.05, 0) is 11.6 Å². The molecule has 0 amide bonds. The fraction of sp³-hybridized carbons (Fsp3) is 0.562. The number of nitrogens with zero attached hydrogens (tertiary/aromatic N) is 1. The first-order valence-electron chi connectivity index (χ1n) is 7.35. The number of piperazine rings is 1. The number of aliphatic hydroxyl groups is 1. The Balaban J connectivity index is 2.47. The summed E-state index contributed by atoms with van der Waals surface area (Å²) in [5, 5.41) is 22.6. The molecule has 0 unspecified atom stereocenters. The second-order valence-electron chi connectivity index (χ2n) is 6.23. The molecule has 2 rings (SSSR count). The van der Waals surface area contributed by atoms with Gasteiger partial charge in [0.1, 0.15) is 0 Å². The molecule has 1 saturated heterocycles. The highest BCUT2D eigenvalue weighted by atomic mass is 16.4. The number of hydrogen-bond acceptors (Lipinski definition) is 4. The summed E-state index contributed by atoms with van der Waals surface area (Å²) in [7, 11) is 0. The second kappa shape index (κ2) is 6.56. The number of aromatic carboxylic acids is 1. The molecular weight excluding hydrogens is 268 g/mol. The van der Waals surface area contributed by atoms with Gasteiger partial charge in [-0.1, -0.05) is 32.0 Å². The van der Waals surface area contributed by atoms with Gasteiger partial charge >= 0.3 is 5.97 Å². The fourth-order valence-electron chi connectivity index (χ4n) is 3.07. The Hall–Kier alpha value is -1.43. The van der Waals surface area contributed by atoms with Gasteiger partial charge in [-0.25, -0.2) is 4.79 Å². The smallest absolute Gasteiger partial charge is 0.336 e. The van der Waals surface area contributed by atoms with Crippen LogP contribution in [0.1, 0.15) is 35.8 Å². The molecule has 0 bridgehead atoms. The third-order valence-electron chi connectivity index (χ3n) is 4.15. The highest BCUT2D eigenvalue weighted by Crippen LogP contribution is 2.39. The number of benzene rings is 1. The van der Waals surface area contributed by atoms with Crippen LogP contribution >= 0.6 is 0 Å². The van der Waals surface area contributed by atoms with Crippen LogP contribution in [0.5, 0.6) is 0 Å². The highest BCUT2D eigenvalue weighted by Gasteiger charge is 2.37. The van der Waals surface area contributed by atoms with Crippen molar-refractivity contribution in [2.75, 3.05) is 32.8 Å². The Kier molecular flexibility index (Phi) is 4.98. The molecule has 5 heteroatoms. The lowest BCUT2D eigenvalue weighted by molar-refractivity contribution is 0.0294. The Morgan fingerprint density at radius 1 is 1.33 bits per heavy atom. The van der Waals surface area contributed by atoms with E-state index < -0.39 is 11.4 Å². The molecule has 21 heavy (non-hydrogen) atoms. The monoisotopic (exact) mass is 292 g/mol. The van der Waals surface area contributed by atoms with E-state index in [9.17, 15) is 15.0 Å². The summed E-state index contributed by atoms with van der Waals surface area (Å²) in [6.07, 6.45) is 0. The van der Waals surface area contributed by atoms with E-state index in [1.165, 1.54) is 0 Å². The summed E-state index contributed by atoms with van der Waals surface area (Å²) >= 11 is 0. The minimum atomic E-state index is -0.917. The second-order valence-corrected chi connectivity index (χ2v) is 6.23. The first kappa shape index (κ1) is 15.9. The van der Waals surface area contributed by atoms with Crippen molar-refractivity contribution in [3.05, 3.63) is 35.4 Å². The van der Waals surface area contributed by atoms with Crippen molar-refractivity contribution < 1.29 is 15.0 Å². The molecular formula is C16H24N2O3. The molecule has 1 fully saturated rings. The quantitative estimate of drug-likeness (QED) is 0.764. The fourth-order valence-corrected chi connectivity index (χ4v) is 3.07. The van der Waals surface area contributed by atoms with Crippen LogP contribution in [-0.4, -0.2) is 53.9 Å². The minimum Gasteiger partial charge on any atom is -0.478 e. The summed E-state index contributed by atoms with van der Waals surface area (Å²) in [6.45, 7) is 7.44. The van der Waals surface area contributed by atoms with E-state index in [-0.39, 0.29) is 12.6 Å². The van der Waals surface area contributed by atoms with Gasteiger partial charge in [0.05, 0.1) is 5.56 Å². The Labute approximate surface area is 125 Å². The maximum absolute atomic E-state index is 11.5. The predicted molar refractivity (Wildman–Crippen MR) is 81.5 cm³/mol. The summed E-state index contributed by atoms with van der Waals surface area (Å²) in [5.41, 5.74) is 0.691. The molecule has 1 aliphatic rings. The van der Waals surface area contributed by atoms with Crippen LogP contribution in [0.15, 0.2) is 24.3 Å². The van der Waals surface area contributed by atoms with Gasteiger partial charge in [0.2, 0.25) is 0 Å². The number of aliphatic hydroxyl groups excluding tert-OH is 1. The van der Waals surface area contributed by atoms with Crippen LogP contribution in [-0.2, 0) is 0 Å². The van der Waals surface area contributed by atoms with Crippen LogP contribution in [0.25, 0.3) is 0 Å². The van der Waals surface area contributed by atoms with Crippen molar-refractivity contribution in [3.63, 3.8) is 0 Å². The SMILES string of the molecule is CC(C)(CO)[C@@H](c1ccccc1C(=O)O)N1CCNCC1. The van der Waals surface area contributed by atoms with E-state index in [2.05, 4.69) is 10.2 Å². The first-order chi connectivity index (χ1) is 9.97. The van der Waals surface area contributed by atoms with Crippen LogP contribution in [0.3, 0.4) is 0 Å². The molecule has 116 valence electrons. The highest BCUT2D eigenvalue weighted by molar-refractivity contribution is 5.89. The lowest BCUT2D eigenvalue weighted by atomic mass is 9.78. The van der Waals surface area contributed by atoms with Crippen LogP contribution in [0.2, 0.25) is 0 Å². The maximum Gasteiger partial charge on any atom is 0.336 e. The minimum absolute atomic E-state index is 0.00947. The third kappa shape index (κ3) is 3.43. The van der Waals surface area contributed by atoms with Crippen molar-refractivity contribution in [2.45, 2.75) is 19.9 Å². The molecule has 5 nitrogen and oxygen atoms in total. The third-order valence-corrected chi connectivity index (χ3v) is 4.15. The van der Waals surface area contributed by atoms with Crippen LogP contribution < -0.4 is 5.32 Å². The van der Waals surface area contributed by atoms with Crippen molar-refractivity contribution in [3.8, 4) is 0 Å². The van der Waals surface area contributed by atoms with E-state index in [1.54, 1.807) is 12.1 Å². The molecule has 0 radical (unpaired) electrons. The normalized spacial score (nSPS) is 18.4. The van der Waals surface area contributed by atoms with E-state index in [0.29, 0.717) is 5.56 Å². The number of hydrogen-bond donors (Lipinski definition) is 3. The Morgan fingerprint density at radius 3 is 2.52 bits per heavy atom. The summed E-state index contributed by atoms with van der Waals surface area (Å²) in [5.74, 6) is -0.917. The number of carboxylic acid groups (broad SMARTS) is 1. The van der Waals surface area contributed by atoms with Crippen molar-refractivity contribution in [1.29, 1.82) is 0 Å². The standard InChI is InChI=1S/C16H24N2O3/c1-16(2,11-19)14(18-9-7-17-8-10-18)12-5-3-4-6-13(12)15(20)21/h3-6,14,17,19H,7-11H2,1-2H3,(H,20,21)/t14-/m1/s1. The lowest BCUT2D eigenvalue weighted by Crippen LogP contribution is -2.49. The molecule has 1 aromatic carbocycles. The molecule has 0 aliphatic carbocycles. The number of nitrogens with one attached hydrogen (secondary N) is 1. The van der Waals surface area contributed by atoms with Crippen LogP contribution in [0.4, 0.5) is 0 Å². The van der Waals surface area contributed by atoms with E-state index in [4.69, 9.17) is 0 Å². The predicted octanol–water partition coefficient (Wildman–Crippen LogP) is 1.35. The van der Waals surface area contributed by atoms with Crippen molar-refractivity contribution in [1.82, 2.24) is 10.2 Å². The van der Waals surface area contributed by atoms with Crippen LogP contribution in [0, 0.1) is 5.41 Å². The van der Waals surface area contributed by atoms with E-state index in [0.717, 1.165) is 31.7 Å². The van der Waals surface area contributed by atoms with Gasteiger partial charge in [-0.3, -0.25) is 4.90 Å². The zero-order valence-corrected chi connectivity index (χ0v) is 12.7. The topological polar surface area (TPSA) is 72.8 Å². The summed E-state index contributed by atoms with van der Waals surface area (Å²) < 4.78 is 0. The molecule has 0 spiro atoms.